The van der Waals surface area contributed by atoms with Crippen molar-refractivity contribution in [3.8, 4) is 0 Å². The zero-order valence-corrected chi connectivity index (χ0v) is 23.0. The molecule has 0 spiro atoms. The Morgan fingerprint density at radius 1 is 1.05 bits per heavy atom. The van der Waals surface area contributed by atoms with Crippen LogP contribution in [0.3, 0.4) is 0 Å². The van der Waals surface area contributed by atoms with Crippen molar-refractivity contribution in [3.63, 3.8) is 0 Å². The maximum atomic E-state index is 13.8. The number of hydrogen-bond acceptors (Lipinski definition) is 7. The number of halogens is 3. The summed E-state index contributed by atoms with van der Waals surface area (Å²) in [6, 6.07) is 13.1. The molecule has 3 N–H and O–H groups in total. The van der Waals surface area contributed by atoms with Crippen molar-refractivity contribution in [1.82, 2.24) is 14.9 Å². The highest BCUT2D eigenvalue weighted by atomic mass is 35.5. The van der Waals surface area contributed by atoms with Crippen LogP contribution >= 0.6 is 11.6 Å². The molecule has 0 radical (unpaired) electrons. The monoisotopic (exact) mass is 556 g/mol. The Kier molecular flexibility index (Phi) is 8.49. The van der Waals surface area contributed by atoms with Crippen LogP contribution in [0.4, 0.5) is 26.1 Å². The van der Waals surface area contributed by atoms with Gasteiger partial charge in [0.1, 0.15) is 17.3 Å². The minimum atomic E-state index is -0.290. The van der Waals surface area contributed by atoms with Crippen molar-refractivity contribution in [1.29, 1.82) is 0 Å². The average molecular weight is 557 g/mol. The highest BCUT2D eigenvalue weighted by molar-refractivity contribution is 6.28. The molecule has 1 aromatic heterocycles. The fourth-order valence-corrected chi connectivity index (χ4v) is 5.87. The van der Waals surface area contributed by atoms with E-state index in [1.54, 1.807) is 24.3 Å². The van der Waals surface area contributed by atoms with Crippen LogP contribution in [0.5, 0.6) is 0 Å². The van der Waals surface area contributed by atoms with Crippen molar-refractivity contribution in [2.75, 3.05) is 42.2 Å². The minimum Gasteiger partial charge on any atom is -0.393 e. The smallest absolute Gasteiger partial charge is 0.226 e. The van der Waals surface area contributed by atoms with E-state index >= 15 is 0 Å². The summed E-state index contributed by atoms with van der Waals surface area (Å²) >= 11 is 6.37. The molecular formula is C29H35ClF2N6O. The summed E-state index contributed by atoms with van der Waals surface area (Å²) in [4.78, 5) is 13.5. The van der Waals surface area contributed by atoms with Crippen LogP contribution in [0.1, 0.15) is 50.3 Å². The van der Waals surface area contributed by atoms with Crippen molar-refractivity contribution >= 4 is 28.9 Å². The Balaban J connectivity index is 1.44. The van der Waals surface area contributed by atoms with Crippen molar-refractivity contribution < 1.29 is 13.5 Å². The molecule has 39 heavy (non-hydrogen) atoms. The van der Waals surface area contributed by atoms with Crippen LogP contribution < -0.4 is 16.0 Å². The van der Waals surface area contributed by atoms with E-state index in [9.17, 15) is 8.78 Å². The third-order valence-electron chi connectivity index (χ3n) is 7.75. The first kappa shape index (κ1) is 27.6. The fraction of sp³-hybridized carbons (Fsp3) is 0.448. The number of aromatic nitrogens is 2. The summed E-state index contributed by atoms with van der Waals surface area (Å²) in [5.74, 6) is 0.540. The van der Waals surface area contributed by atoms with Gasteiger partial charge in [0.15, 0.2) is 11.6 Å². The van der Waals surface area contributed by atoms with Gasteiger partial charge in [0.25, 0.3) is 0 Å². The maximum Gasteiger partial charge on any atom is 0.226 e. The second-order valence-electron chi connectivity index (χ2n) is 10.4. The Morgan fingerprint density at radius 3 is 2.26 bits per heavy atom. The second kappa shape index (κ2) is 12.0. The van der Waals surface area contributed by atoms with Gasteiger partial charge in [-0.25, -0.2) is 8.78 Å². The SMILES string of the molecule is CC[C@@H]1CN(c2nc(Cl)nc(NC[C@@H]3CCCO3)c2N)[C@@H](C)CN1C(c1ccc(F)cc1)c1ccc(F)cc1. The predicted octanol–water partition coefficient (Wildman–Crippen LogP) is 5.66. The van der Waals surface area contributed by atoms with Gasteiger partial charge in [-0.2, -0.15) is 9.97 Å². The summed E-state index contributed by atoms with van der Waals surface area (Å²) in [6.07, 6.45) is 3.03. The normalized spacial score (nSPS) is 22.0. The van der Waals surface area contributed by atoms with Gasteiger partial charge in [-0.1, -0.05) is 31.2 Å². The molecule has 3 aromatic rings. The summed E-state index contributed by atoms with van der Waals surface area (Å²) in [5.41, 5.74) is 8.97. The summed E-state index contributed by atoms with van der Waals surface area (Å²) in [7, 11) is 0. The highest BCUT2D eigenvalue weighted by Gasteiger charge is 2.38. The van der Waals surface area contributed by atoms with Gasteiger partial charge >= 0.3 is 0 Å². The van der Waals surface area contributed by atoms with E-state index in [1.165, 1.54) is 24.3 Å². The van der Waals surface area contributed by atoms with Gasteiger partial charge < -0.3 is 20.7 Å². The number of nitrogen functional groups attached to an aromatic ring is 1. The van der Waals surface area contributed by atoms with Crippen molar-refractivity contribution in [2.45, 2.75) is 57.3 Å². The van der Waals surface area contributed by atoms with Crippen molar-refractivity contribution in [2.24, 2.45) is 0 Å². The molecular weight excluding hydrogens is 522 g/mol. The third kappa shape index (κ3) is 6.10. The van der Waals surface area contributed by atoms with E-state index in [1.807, 2.05) is 0 Å². The standard InChI is InChI=1S/C29H35ClF2N6O/c1-3-23-17-37(28-25(33)27(35-29(30)36-28)34-15-24-5-4-14-39-24)18(2)16-38(23)26(19-6-10-21(31)11-7-19)20-8-12-22(32)13-9-20/h6-13,18,23-24,26H,3-5,14-17,33H2,1-2H3,(H,34,35,36)/t18-,23+,24-/m0/s1. The number of nitrogens with zero attached hydrogens (tertiary/aromatic N) is 4. The van der Waals surface area contributed by atoms with E-state index < -0.39 is 0 Å². The van der Waals surface area contributed by atoms with Gasteiger partial charge in [0, 0.05) is 38.3 Å². The number of nitrogens with one attached hydrogen (secondary N) is 1. The van der Waals surface area contributed by atoms with Crippen LogP contribution in [-0.2, 0) is 4.74 Å². The first-order valence-electron chi connectivity index (χ1n) is 13.6. The molecule has 208 valence electrons. The molecule has 2 aromatic carbocycles. The predicted molar refractivity (Wildman–Crippen MR) is 151 cm³/mol. The number of benzene rings is 2. The topological polar surface area (TPSA) is 79.5 Å². The molecule has 0 unspecified atom stereocenters. The molecule has 10 heteroatoms. The fourth-order valence-electron chi connectivity index (χ4n) is 5.71. The Hall–Kier alpha value is -3.01. The lowest BCUT2D eigenvalue weighted by molar-refractivity contribution is 0.115. The van der Waals surface area contributed by atoms with Crippen LogP contribution in [0.25, 0.3) is 0 Å². The van der Waals surface area contributed by atoms with Crippen molar-refractivity contribution in [3.05, 3.63) is 76.6 Å². The number of rotatable bonds is 8. The van der Waals surface area contributed by atoms with Gasteiger partial charge in [-0.3, -0.25) is 4.90 Å². The molecule has 2 saturated heterocycles. The molecule has 0 saturated carbocycles. The van der Waals surface area contributed by atoms with Gasteiger partial charge in [0.2, 0.25) is 5.28 Å². The van der Waals surface area contributed by atoms with E-state index in [2.05, 4.69) is 38.9 Å². The largest absolute Gasteiger partial charge is 0.393 e. The molecule has 3 atom stereocenters. The molecule has 2 aliphatic heterocycles. The first-order chi connectivity index (χ1) is 18.8. The molecule has 0 aliphatic carbocycles. The lowest BCUT2D eigenvalue weighted by Gasteiger charge is -2.49. The summed E-state index contributed by atoms with van der Waals surface area (Å²) in [6.45, 7) is 6.98. The van der Waals surface area contributed by atoms with Crippen LogP contribution in [-0.4, -0.2) is 59.3 Å². The number of anilines is 3. The zero-order valence-electron chi connectivity index (χ0n) is 22.3. The highest BCUT2D eigenvalue weighted by Crippen LogP contribution is 2.38. The van der Waals surface area contributed by atoms with Gasteiger partial charge in [-0.05, 0) is 73.2 Å². The van der Waals surface area contributed by atoms with E-state index in [0.717, 1.165) is 37.0 Å². The maximum absolute atomic E-state index is 13.8. The van der Waals surface area contributed by atoms with E-state index in [-0.39, 0.29) is 41.1 Å². The lowest BCUT2D eigenvalue weighted by Crippen LogP contribution is -2.58. The quantitative estimate of drug-likeness (QED) is 0.347. The van der Waals surface area contributed by atoms with Crippen LogP contribution in [0, 0.1) is 11.6 Å². The molecule has 2 fully saturated rings. The van der Waals surface area contributed by atoms with E-state index in [0.29, 0.717) is 37.0 Å². The van der Waals surface area contributed by atoms with Crippen LogP contribution in [0.2, 0.25) is 5.28 Å². The lowest BCUT2D eigenvalue weighted by atomic mass is 9.92. The Labute approximate surface area is 233 Å². The molecule has 0 amide bonds. The third-order valence-corrected chi connectivity index (χ3v) is 7.92. The van der Waals surface area contributed by atoms with Crippen LogP contribution in [0.15, 0.2) is 48.5 Å². The Morgan fingerprint density at radius 2 is 1.69 bits per heavy atom. The number of ether oxygens (including phenoxy) is 1. The first-order valence-corrected chi connectivity index (χ1v) is 13.9. The Bertz CT molecular complexity index is 1210. The number of nitrogens with two attached hydrogens (primary N) is 1. The number of hydrogen-bond donors (Lipinski definition) is 2. The molecule has 5 rings (SSSR count). The average Bonchev–Trinajstić information content (AvgIpc) is 3.45. The molecule has 7 nitrogen and oxygen atoms in total. The summed E-state index contributed by atoms with van der Waals surface area (Å²) < 4.78 is 33.4. The van der Waals surface area contributed by atoms with E-state index in [4.69, 9.17) is 22.1 Å². The molecule has 2 aliphatic rings. The summed E-state index contributed by atoms with van der Waals surface area (Å²) in [5, 5.41) is 3.44. The van der Waals surface area contributed by atoms with Gasteiger partial charge in [-0.15, -0.1) is 0 Å². The zero-order chi connectivity index (χ0) is 27.5. The second-order valence-corrected chi connectivity index (χ2v) is 10.7. The molecule has 3 heterocycles. The molecule has 0 bridgehead atoms. The van der Waals surface area contributed by atoms with Gasteiger partial charge in [0.05, 0.1) is 12.1 Å². The minimum absolute atomic E-state index is 0.0236. The number of piperazine rings is 1.